The van der Waals surface area contributed by atoms with E-state index in [9.17, 15) is 4.79 Å². The van der Waals surface area contributed by atoms with Crippen molar-refractivity contribution in [2.75, 3.05) is 17.7 Å². The van der Waals surface area contributed by atoms with Crippen LogP contribution < -0.4 is 10.6 Å². The molecule has 1 unspecified atom stereocenters. The van der Waals surface area contributed by atoms with Crippen LogP contribution in [0.2, 0.25) is 0 Å². The summed E-state index contributed by atoms with van der Waals surface area (Å²) in [6.45, 7) is 10.1. The topological polar surface area (TPSA) is 50.4 Å². The molecule has 4 nitrogen and oxygen atoms in total. The summed E-state index contributed by atoms with van der Waals surface area (Å²) >= 11 is 0. The van der Waals surface area contributed by atoms with Gasteiger partial charge in [-0.15, -0.1) is 0 Å². The average molecular weight is 292 g/mol. The van der Waals surface area contributed by atoms with Crippen LogP contribution in [0, 0.1) is 5.92 Å². The van der Waals surface area contributed by atoms with Crippen molar-refractivity contribution in [3.05, 3.63) is 24.3 Å². The minimum atomic E-state index is -0.141. The van der Waals surface area contributed by atoms with Crippen molar-refractivity contribution >= 4 is 17.3 Å². The Morgan fingerprint density at radius 3 is 2.14 bits per heavy atom. The molecule has 4 heteroatoms. The number of benzene rings is 1. The summed E-state index contributed by atoms with van der Waals surface area (Å²) in [6, 6.07) is 8.09. The zero-order chi connectivity index (χ0) is 16.0. The van der Waals surface area contributed by atoms with E-state index >= 15 is 0 Å². The summed E-state index contributed by atoms with van der Waals surface area (Å²) in [4.78, 5) is 11.6. The number of carbonyl (C=O) groups excluding carboxylic acids is 1. The zero-order valence-corrected chi connectivity index (χ0v) is 14.0. The van der Waals surface area contributed by atoms with Crippen LogP contribution in [0.4, 0.5) is 11.4 Å². The number of anilines is 2. The van der Waals surface area contributed by atoms with Gasteiger partial charge in [-0.1, -0.05) is 13.8 Å². The SMILES string of the molecule is COC(C)(C)CC(C)Nc1ccc(NC(=O)C(C)C)cc1. The van der Waals surface area contributed by atoms with Crippen LogP contribution in [0.5, 0.6) is 0 Å². The van der Waals surface area contributed by atoms with Crippen LogP contribution in [-0.4, -0.2) is 24.7 Å². The van der Waals surface area contributed by atoms with Crippen molar-refractivity contribution in [2.24, 2.45) is 5.92 Å². The molecule has 0 spiro atoms. The lowest BCUT2D eigenvalue weighted by Gasteiger charge is -2.27. The van der Waals surface area contributed by atoms with Crippen molar-refractivity contribution in [1.29, 1.82) is 0 Å². The van der Waals surface area contributed by atoms with Crippen molar-refractivity contribution < 1.29 is 9.53 Å². The first-order valence-electron chi connectivity index (χ1n) is 7.46. The molecule has 0 saturated carbocycles. The fourth-order valence-corrected chi connectivity index (χ4v) is 2.09. The monoisotopic (exact) mass is 292 g/mol. The second kappa shape index (κ2) is 7.46. The maximum atomic E-state index is 11.6. The van der Waals surface area contributed by atoms with Gasteiger partial charge in [0, 0.05) is 30.4 Å². The molecule has 1 aromatic carbocycles. The van der Waals surface area contributed by atoms with Crippen LogP contribution in [0.15, 0.2) is 24.3 Å². The maximum Gasteiger partial charge on any atom is 0.226 e. The highest BCUT2D eigenvalue weighted by atomic mass is 16.5. The zero-order valence-electron chi connectivity index (χ0n) is 14.0. The van der Waals surface area contributed by atoms with Crippen molar-refractivity contribution in [3.8, 4) is 0 Å². The molecule has 0 radical (unpaired) electrons. The molecule has 0 saturated heterocycles. The van der Waals surface area contributed by atoms with Crippen LogP contribution in [-0.2, 0) is 9.53 Å². The molecule has 0 aliphatic carbocycles. The molecule has 0 fully saturated rings. The van der Waals surface area contributed by atoms with Gasteiger partial charge in [0.25, 0.3) is 0 Å². The summed E-state index contributed by atoms with van der Waals surface area (Å²) in [5.41, 5.74) is 1.72. The molecule has 1 amide bonds. The van der Waals surface area contributed by atoms with Crippen LogP contribution in [0.3, 0.4) is 0 Å². The molecule has 0 heterocycles. The first-order valence-corrected chi connectivity index (χ1v) is 7.46. The van der Waals surface area contributed by atoms with Crippen LogP contribution in [0.25, 0.3) is 0 Å². The van der Waals surface area contributed by atoms with Crippen LogP contribution in [0.1, 0.15) is 41.0 Å². The van der Waals surface area contributed by atoms with Crippen LogP contribution >= 0.6 is 0 Å². The Morgan fingerprint density at radius 2 is 1.67 bits per heavy atom. The van der Waals surface area contributed by atoms with E-state index in [1.807, 2.05) is 38.1 Å². The highest BCUT2D eigenvalue weighted by Gasteiger charge is 2.20. The van der Waals surface area contributed by atoms with Gasteiger partial charge in [0.1, 0.15) is 0 Å². The number of rotatable bonds is 7. The molecule has 0 aliphatic rings. The van der Waals surface area contributed by atoms with Gasteiger partial charge in [-0.05, 0) is 51.5 Å². The molecular formula is C17H28N2O2. The van der Waals surface area contributed by atoms with Gasteiger partial charge in [0.15, 0.2) is 0 Å². The summed E-state index contributed by atoms with van der Waals surface area (Å²) in [7, 11) is 1.74. The Labute approximate surface area is 128 Å². The van der Waals surface area contributed by atoms with E-state index in [0.717, 1.165) is 17.8 Å². The quantitative estimate of drug-likeness (QED) is 0.801. The molecule has 0 bridgehead atoms. The molecule has 1 aromatic rings. The van der Waals surface area contributed by atoms with Gasteiger partial charge in [0.05, 0.1) is 5.60 Å². The number of hydrogen-bond acceptors (Lipinski definition) is 3. The molecule has 0 aliphatic heterocycles. The molecule has 118 valence electrons. The minimum Gasteiger partial charge on any atom is -0.382 e. The minimum absolute atomic E-state index is 0.0147. The lowest BCUT2D eigenvalue weighted by molar-refractivity contribution is -0.118. The van der Waals surface area contributed by atoms with Gasteiger partial charge < -0.3 is 15.4 Å². The van der Waals surface area contributed by atoms with E-state index < -0.39 is 0 Å². The third kappa shape index (κ3) is 6.17. The van der Waals surface area contributed by atoms with E-state index in [4.69, 9.17) is 4.74 Å². The first-order chi connectivity index (χ1) is 9.73. The van der Waals surface area contributed by atoms with E-state index in [2.05, 4.69) is 31.4 Å². The predicted octanol–water partition coefficient (Wildman–Crippen LogP) is 3.90. The third-order valence-corrected chi connectivity index (χ3v) is 3.44. The second-order valence-corrected chi connectivity index (χ2v) is 6.43. The van der Waals surface area contributed by atoms with Gasteiger partial charge in [-0.3, -0.25) is 4.79 Å². The number of hydrogen-bond donors (Lipinski definition) is 2. The molecule has 2 N–H and O–H groups in total. The highest BCUT2D eigenvalue weighted by Crippen LogP contribution is 2.20. The van der Waals surface area contributed by atoms with E-state index in [0.29, 0.717) is 6.04 Å². The summed E-state index contributed by atoms with van der Waals surface area (Å²) in [6.07, 6.45) is 0.912. The van der Waals surface area contributed by atoms with Gasteiger partial charge in [0.2, 0.25) is 5.91 Å². The van der Waals surface area contributed by atoms with Gasteiger partial charge in [-0.25, -0.2) is 0 Å². The average Bonchev–Trinajstić information content (AvgIpc) is 2.40. The van der Waals surface area contributed by atoms with Gasteiger partial charge in [-0.2, -0.15) is 0 Å². The van der Waals surface area contributed by atoms with E-state index in [-0.39, 0.29) is 17.4 Å². The Hall–Kier alpha value is -1.55. The number of carbonyl (C=O) groups is 1. The van der Waals surface area contributed by atoms with Crippen molar-refractivity contribution in [3.63, 3.8) is 0 Å². The Bertz CT molecular complexity index is 452. The first kappa shape index (κ1) is 17.5. The standard InChI is InChI=1S/C17H28N2O2/c1-12(2)16(20)19-15-9-7-14(8-10-15)18-13(3)11-17(4,5)21-6/h7-10,12-13,18H,11H2,1-6H3,(H,19,20). The van der Waals surface area contributed by atoms with Crippen molar-refractivity contribution in [1.82, 2.24) is 0 Å². The maximum absolute atomic E-state index is 11.6. The lowest BCUT2D eigenvalue weighted by atomic mass is 9.99. The molecule has 1 atom stereocenters. The summed E-state index contributed by atoms with van der Waals surface area (Å²) < 4.78 is 5.44. The molecular weight excluding hydrogens is 264 g/mol. The van der Waals surface area contributed by atoms with E-state index in [1.54, 1.807) is 7.11 Å². The Kier molecular flexibility index (Phi) is 6.21. The predicted molar refractivity (Wildman–Crippen MR) is 88.7 cm³/mol. The number of methoxy groups -OCH3 is 1. The summed E-state index contributed by atoms with van der Waals surface area (Å²) in [5, 5.41) is 6.33. The van der Waals surface area contributed by atoms with Crippen molar-refractivity contribution in [2.45, 2.75) is 52.7 Å². The third-order valence-electron chi connectivity index (χ3n) is 3.44. The fraction of sp³-hybridized carbons (Fsp3) is 0.588. The largest absolute Gasteiger partial charge is 0.382 e. The Balaban J connectivity index is 2.56. The normalized spacial score (nSPS) is 13.1. The molecule has 0 aromatic heterocycles. The number of ether oxygens (including phenoxy) is 1. The lowest BCUT2D eigenvalue weighted by Crippen LogP contribution is -2.31. The second-order valence-electron chi connectivity index (χ2n) is 6.43. The summed E-state index contributed by atoms with van der Waals surface area (Å²) in [5.74, 6) is 0.0185. The highest BCUT2D eigenvalue weighted by molar-refractivity contribution is 5.92. The number of amides is 1. The molecule has 1 rings (SSSR count). The van der Waals surface area contributed by atoms with Gasteiger partial charge >= 0.3 is 0 Å². The Morgan fingerprint density at radius 1 is 1.14 bits per heavy atom. The number of nitrogens with one attached hydrogen (secondary N) is 2. The fourth-order valence-electron chi connectivity index (χ4n) is 2.09. The van der Waals surface area contributed by atoms with E-state index in [1.165, 1.54) is 0 Å². The smallest absolute Gasteiger partial charge is 0.226 e. The molecule has 21 heavy (non-hydrogen) atoms.